The van der Waals surface area contributed by atoms with Crippen LogP contribution in [0.25, 0.3) is 0 Å². The molecule has 21 heavy (non-hydrogen) atoms. The van der Waals surface area contributed by atoms with Crippen molar-refractivity contribution < 1.29 is 19.4 Å². The fraction of sp³-hybridized carbons (Fsp3) is 0.500. The zero-order valence-corrected chi connectivity index (χ0v) is 12.3. The summed E-state index contributed by atoms with van der Waals surface area (Å²) in [4.78, 5) is 28.4. The van der Waals surface area contributed by atoms with Crippen LogP contribution in [0.2, 0.25) is 5.02 Å². The summed E-state index contributed by atoms with van der Waals surface area (Å²) in [6, 6.07) is 3.25. The van der Waals surface area contributed by atoms with E-state index in [0.29, 0.717) is 36.6 Å². The van der Waals surface area contributed by atoms with Gasteiger partial charge in [-0.25, -0.2) is 4.98 Å². The summed E-state index contributed by atoms with van der Waals surface area (Å²) < 4.78 is 5.49. The van der Waals surface area contributed by atoms with E-state index in [1.807, 2.05) is 0 Å². The van der Waals surface area contributed by atoms with Gasteiger partial charge in [0, 0.05) is 19.3 Å². The van der Waals surface area contributed by atoms with Crippen molar-refractivity contribution in [3.8, 4) is 0 Å². The first-order valence-corrected chi connectivity index (χ1v) is 7.18. The highest BCUT2D eigenvalue weighted by Crippen LogP contribution is 2.16. The fourth-order valence-corrected chi connectivity index (χ4v) is 2.31. The van der Waals surface area contributed by atoms with Crippen molar-refractivity contribution in [2.45, 2.75) is 25.4 Å². The number of pyridine rings is 1. The zero-order valence-electron chi connectivity index (χ0n) is 11.5. The Kier molecular flexibility index (Phi) is 5.52. The number of aliphatic carboxylic acids is 1. The Bertz CT molecular complexity index is 498. The van der Waals surface area contributed by atoms with Gasteiger partial charge in [0.2, 0.25) is 0 Å². The minimum atomic E-state index is -0.864. The van der Waals surface area contributed by atoms with Crippen LogP contribution in [0.4, 0.5) is 0 Å². The second kappa shape index (κ2) is 7.38. The van der Waals surface area contributed by atoms with Crippen LogP contribution in [0.1, 0.15) is 29.8 Å². The third-order valence-corrected chi connectivity index (χ3v) is 3.57. The molecule has 1 N–H and O–H groups in total. The van der Waals surface area contributed by atoms with Crippen molar-refractivity contribution in [3.05, 3.63) is 29.0 Å². The summed E-state index contributed by atoms with van der Waals surface area (Å²) in [5.74, 6) is -0.980. The quantitative estimate of drug-likeness (QED) is 0.897. The van der Waals surface area contributed by atoms with Crippen LogP contribution >= 0.6 is 11.6 Å². The number of piperidine rings is 1. The van der Waals surface area contributed by atoms with E-state index in [0.717, 1.165) is 0 Å². The van der Waals surface area contributed by atoms with Gasteiger partial charge in [-0.3, -0.25) is 9.59 Å². The highest BCUT2D eigenvalue weighted by atomic mass is 35.5. The minimum absolute atomic E-state index is 0.00778. The summed E-state index contributed by atoms with van der Waals surface area (Å²) in [5, 5.41) is 9.05. The summed E-state index contributed by atoms with van der Waals surface area (Å²) in [5.41, 5.74) is 0.379. The van der Waals surface area contributed by atoms with Crippen molar-refractivity contribution >= 4 is 23.5 Å². The number of likely N-dealkylation sites (tertiary alicyclic amines) is 1. The molecule has 2 rings (SSSR count). The monoisotopic (exact) mass is 312 g/mol. The third-order valence-electron chi connectivity index (χ3n) is 3.35. The molecule has 0 atom stereocenters. The van der Waals surface area contributed by atoms with E-state index in [1.54, 1.807) is 17.0 Å². The number of carbonyl (C=O) groups is 2. The molecular formula is C14H17ClN2O4. The van der Waals surface area contributed by atoms with Gasteiger partial charge < -0.3 is 14.7 Å². The molecule has 0 saturated carbocycles. The van der Waals surface area contributed by atoms with E-state index in [2.05, 4.69) is 4.98 Å². The molecule has 0 aromatic carbocycles. The number of carboxylic acid groups (broad SMARTS) is 1. The van der Waals surface area contributed by atoms with Gasteiger partial charge in [0.05, 0.1) is 24.2 Å². The molecule has 7 heteroatoms. The second-order valence-electron chi connectivity index (χ2n) is 4.87. The largest absolute Gasteiger partial charge is 0.481 e. The highest BCUT2D eigenvalue weighted by Gasteiger charge is 2.24. The average molecular weight is 313 g/mol. The predicted octanol–water partition coefficient (Wildman–Crippen LogP) is 1.83. The van der Waals surface area contributed by atoms with Crippen LogP contribution < -0.4 is 0 Å². The Balaban J connectivity index is 1.79. The maximum atomic E-state index is 12.2. The second-order valence-corrected chi connectivity index (χ2v) is 5.30. The van der Waals surface area contributed by atoms with Crippen LogP contribution in [0.15, 0.2) is 18.3 Å². The van der Waals surface area contributed by atoms with E-state index in [4.69, 9.17) is 21.4 Å². The number of amides is 1. The molecule has 6 nitrogen and oxygen atoms in total. The number of aromatic nitrogens is 1. The molecule has 114 valence electrons. The van der Waals surface area contributed by atoms with Crippen molar-refractivity contribution in [3.63, 3.8) is 0 Å². The molecule has 0 spiro atoms. The molecular weight excluding hydrogens is 296 g/mol. The first-order chi connectivity index (χ1) is 10.1. The van der Waals surface area contributed by atoms with Gasteiger partial charge in [-0.2, -0.15) is 0 Å². The number of hydrogen-bond acceptors (Lipinski definition) is 4. The molecule has 1 aromatic heterocycles. The van der Waals surface area contributed by atoms with Gasteiger partial charge in [-0.05, 0) is 25.0 Å². The molecule has 1 fully saturated rings. The van der Waals surface area contributed by atoms with Gasteiger partial charge in [-0.15, -0.1) is 0 Å². The maximum absolute atomic E-state index is 12.2. The highest BCUT2D eigenvalue weighted by molar-refractivity contribution is 6.30. The topological polar surface area (TPSA) is 79.7 Å². The first kappa shape index (κ1) is 15.7. The van der Waals surface area contributed by atoms with Gasteiger partial charge in [-0.1, -0.05) is 11.6 Å². The molecule has 1 aliphatic heterocycles. The van der Waals surface area contributed by atoms with Crippen LogP contribution in [-0.2, 0) is 9.53 Å². The third kappa shape index (κ3) is 4.68. The van der Waals surface area contributed by atoms with Gasteiger partial charge in [0.1, 0.15) is 5.69 Å². The summed E-state index contributed by atoms with van der Waals surface area (Å²) in [6.45, 7) is 1.38. The van der Waals surface area contributed by atoms with Crippen molar-refractivity contribution in [1.82, 2.24) is 9.88 Å². The predicted molar refractivity (Wildman–Crippen MR) is 76.4 cm³/mol. The molecule has 0 aliphatic carbocycles. The fourth-order valence-electron chi connectivity index (χ4n) is 2.20. The lowest BCUT2D eigenvalue weighted by Gasteiger charge is -2.31. The number of rotatable bonds is 5. The molecule has 1 aromatic rings. The average Bonchev–Trinajstić information content (AvgIpc) is 2.48. The first-order valence-electron chi connectivity index (χ1n) is 6.80. The maximum Gasteiger partial charge on any atom is 0.305 e. The van der Waals surface area contributed by atoms with Gasteiger partial charge in [0.25, 0.3) is 5.91 Å². The van der Waals surface area contributed by atoms with Crippen molar-refractivity contribution in [1.29, 1.82) is 0 Å². The number of ether oxygens (including phenoxy) is 1. The Morgan fingerprint density at radius 3 is 2.67 bits per heavy atom. The molecule has 0 bridgehead atoms. The minimum Gasteiger partial charge on any atom is -0.481 e. The summed E-state index contributed by atoms with van der Waals surface area (Å²) >= 11 is 5.75. The van der Waals surface area contributed by atoms with Gasteiger partial charge in [0.15, 0.2) is 0 Å². The molecule has 1 aliphatic rings. The molecule has 0 radical (unpaired) electrons. The molecule has 1 saturated heterocycles. The SMILES string of the molecule is O=C(O)CCOC1CCN(C(=O)c2ccc(Cl)cn2)CC1. The normalized spacial score (nSPS) is 16.0. The van der Waals surface area contributed by atoms with E-state index in [9.17, 15) is 9.59 Å². The van der Waals surface area contributed by atoms with E-state index in [-0.39, 0.29) is 25.0 Å². The zero-order chi connectivity index (χ0) is 15.2. The Morgan fingerprint density at radius 1 is 1.38 bits per heavy atom. The molecule has 2 heterocycles. The molecule has 0 unspecified atom stereocenters. The standard InChI is InChI=1S/C14H17ClN2O4/c15-10-1-2-12(16-9-10)14(20)17-6-3-11(4-7-17)21-8-5-13(18)19/h1-2,9,11H,3-8H2,(H,18,19). The number of carboxylic acids is 1. The van der Waals surface area contributed by atoms with Crippen LogP contribution in [0.5, 0.6) is 0 Å². The number of carbonyl (C=O) groups excluding carboxylic acids is 1. The Labute approximate surface area is 127 Å². The number of halogens is 1. The summed E-state index contributed by atoms with van der Waals surface area (Å²) in [7, 11) is 0. The number of hydrogen-bond donors (Lipinski definition) is 1. The smallest absolute Gasteiger partial charge is 0.305 e. The Morgan fingerprint density at radius 2 is 2.10 bits per heavy atom. The van der Waals surface area contributed by atoms with E-state index < -0.39 is 5.97 Å². The van der Waals surface area contributed by atoms with E-state index >= 15 is 0 Å². The molecule has 1 amide bonds. The van der Waals surface area contributed by atoms with Gasteiger partial charge >= 0.3 is 5.97 Å². The lowest BCUT2D eigenvalue weighted by atomic mass is 10.1. The van der Waals surface area contributed by atoms with Crippen LogP contribution in [0, 0.1) is 0 Å². The van der Waals surface area contributed by atoms with Crippen molar-refractivity contribution in [2.24, 2.45) is 0 Å². The lowest BCUT2D eigenvalue weighted by Crippen LogP contribution is -2.41. The Hall–Kier alpha value is -1.66. The van der Waals surface area contributed by atoms with Crippen LogP contribution in [0.3, 0.4) is 0 Å². The summed E-state index contributed by atoms with van der Waals surface area (Å²) in [6.07, 6.45) is 2.90. The lowest BCUT2D eigenvalue weighted by molar-refractivity contribution is -0.138. The van der Waals surface area contributed by atoms with Crippen molar-refractivity contribution in [2.75, 3.05) is 19.7 Å². The van der Waals surface area contributed by atoms with E-state index in [1.165, 1.54) is 6.20 Å². The number of nitrogens with zero attached hydrogens (tertiary/aromatic N) is 2. The van der Waals surface area contributed by atoms with Crippen LogP contribution in [-0.4, -0.2) is 52.7 Å².